The van der Waals surface area contributed by atoms with Crippen LogP contribution in [0.25, 0.3) is 0 Å². The van der Waals surface area contributed by atoms with Crippen LogP contribution in [0.1, 0.15) is 26.7 Å². The van der Waals surface area contributed by atoms with Gasteiger partial charge in [-0.15, -0.1) is 0 Å². The Hall–Kier alpha value is -1.47. The normalized spacial score (nSPS) is 16.8. The minimum absolute atomic E-state index is 0.233. The van der Waals surface area contributed by atoms with Crippen molar-refractivity contribution in [3.8, 4) is 0 Å². The maximum atomic E-state index is 11.8. The van der Waals surface area contributed by atoms with E-state index in [0.717, 1.165) is 13.1 Å². The minimum atomic E-state index is -0.981. The molecular weight excluding hydrogens is 250 g/mol. The molecule has 1 heterocycles. The van der Waals surface area contributed by atoms with Crippen molar-refractivity contribution < 1.29 is 19.5 Å². The minimum Gasteiger partial charge on any atom is -0.394 e. The molecule has 1 rings (SSSR count). The van der Waals surface area contributed by atoms with Gasteiger partial charge in [0.05, 0.1) is 12.1 Å². The number of carbonyl (C=O) groups is 3. The first kappa shape index (κ1) is 15.6. The van der Waals surface area contributed by atoms with Gasteiger partial charge < -0.3 is 15.7 Å². The first-order valence-electron chi connectivity index (χ1n) is 6.34. The molecule has 0 radical (unpaired) electrons. The molecule has 1 aliphatic heterocycles. The molecule has 4 N–H and O–H groups in total. The number of carbonyl (C=O) groups excluding carboxylic acids is 3. The molecule has 0 spiro atoms. The van der Waals surface area contributed by atoms with E-state index in [-0.39, 0.29) is 12.5 Å². The lowest BCUT2D eigenvalue weighted by Crippen LogP contribution is -2.53. The Kier molecular flexibility index (Phi) is 5.44. The maximum absolute atomic E-state index is 11.8. The molecule has 0 saturated carbocycles. The highest BCUT2D eigenvalue weighted by molar-refractivity contribution is 6.38. The van der Waals surface area contributed by atoms with Gasteiger partial charge in [0.2, 0.25) is 5.91 Å². The molecule has 7 heteroatoms. The van der Waals surface area contributed by atoms with Crippen molar-refractivity contribution >= 4 is 17.7 Å². The molecule has 3 amide bonds. The Morgan fingerprint density at radius 3 is 2.32 bits per heavy atom. The van der Waals surface area contributed by atoms with E-state index in [1.54, 1.807) is 13.8 Å². The molecule has 0 aromatic heterocycles. The SMILES string of the molecule is CC(C)(CO)NC(=O)C(=O)NC(=O)C1CCNCC1. The largest absolute Gasteiger partial charge is 0.394 e. The van der Waals surface area contributed by atoms with Gasteiger partial charge >= 0.3 is 11.8 Å². The summed E-state index contributed by atoms with van der Waals surface area (Å²) in [6.07, 6.45) is 1.31. The third kappa shape index (κ3) is 4.96. The fourth-order valence-electron chi connectivity index (χ4n) is 1.76. The van der Waals surface area contributed by atoms with Crippen LogP contribution in [0.5, 0.6) is 0 Å². The van der Waals surface area contributed by atoms with E-state index in [0.29, 0.717) is 12.8 Å². The number of rotatable bonds is 3. The molecule has 0 atom stereocenters. The van der Waals surface area contributed by atoms with E-state index in [1.807, 2.05) is 0 Å². The predicted molar refractivity (Wildman–Crippen MR) is 68.1 cm³/mol. The first-order chi connectivity index (χ1) is 8.85. The van der Waals surface area contributed by atoms with Crippen molar-refractivity contribution in [1.29, 1.82) is 0 Å². The van der Waals surface area contributed by atoms with Crippen LogP contribution in [-0.4, -0.2) is 48.1 Å². The summed E-state index contributed by atoms with van der Waals surface area (Å²) in [4.78, 5) is 34.8. The molecule has 19 heavy (non-hydrogen) atoms. The van der Waals surface area contributed by atoms with Gasteiger partial charge in [-0.05, 0) is 39.8 Å². The van der Waals surface area contributed by atoms with Gasteiger partial charge in [0.15, 0.2) is 0 Å². The lowest BCUT2D eigenvalue weighted by Gasteiger charge is -2.24. The molecule has 7 nitrogen and oxygen atoms in total. The average Bonchev–Trinajstić information content (AvgIpc) is 2.39. The zero-order valence-corrected chi connectivity index (χ0v) is 11.3. The van der Waals surface area contributed by atoms with Gasteiger partial charge in [0.25, 0.3) is 0 Å². The summed E-state index contributed by atoms with van der Waals surface area (Å²) < 4.78 is 0. The Bertz CT molecular complexity index is 362. The van der Waals surface area contributed by atoms with E-state index in [2.05, 4.69) is 16.0 Å². The summed E-state index contributed by atoms with van der Waals surface area (Å²) in [7, 11) is 0. The molecular formula is C12H21N3O4. The average molecular weight is 271 g/mol. The monoisotopic (exact) mass is 271 g/mol. The maximum Gasteiger partial charge on any atom is 0.315 e. The number of nitrogens with one attached hydrogen (secondary N) is 3. The molecule has 0 aromatic rings. The fraction of sp³-hybridized carbons (Fsp3) is 0.750. The Morgan fingerprint density at radius 1 is 1.21 bits per heavy atom. The van der Waals surface area contributed by atoms with E-state index in [1.165, 1.54) is 0 Å². The number of hydrogen-bond acceptors (Lipinski definition) is 5. The molecule has 0 aromatic carbocycles. The second-order valence-electron chi connectivity index (χ2n) is 5.34. The van der Waals surface area contributed by atoms with Crippen molar-refractivity contribution in [2.75, 3.05) is 19.7 Å². The van der Waals surface area contributed by atoms with E-state index in [9.17, 15) is 14.4 Å². The number of hydrogen-bond donors (Lipinski definition) is 4. The number of aliphatic hydroxyl groups excluding tert-OH is 1. The number of aliphatic hydroxyl groups is 1. The molecule has 0 bridgehead atoms. The van der Waals surface area contributed by atoms with Crippen molar-refractivity contribution in [1.82, 2.24) is 16.0 Å². The van der Waals surface area contributed by atoms with Crippen molar-refractivity contribution in [2.24, 2.45) is 5.92 Å². The standard InChI is InChI=1S/C12H21N3O4/c1-12(2,7-16)15-11(19)10(18)14-9(17)8-3-5-13-6-4-8/h8,13,16H,3-7H2,1-2H3,(H,15,19)(H,14,17,18). The van der Waals surface area contributed by atoms with Crippen molar-refractivity contribution in [2.45, 2.75) is 32.2 Å². The van der Waals surface area contributed by atoms with Gasteiger partial charge in [-0.1, -0.05) is 0 Å². The van der Waals surface area contributed by atoms with Gasteiger partial charge in [-0.3, -0.25) is 19.7 Å². The third-order valence-electron chi connectivity index (χ3n) is 3.00. The summed E-state index contributed by atoms with van der Waals surface area (Å²) in [5.41, 5.74) is -0.897. The molecule has 0 unspecified atom stereocenters. The van der Waals surface area contributed by atoms with E-state index >= 15 is 0 Å². The molecule has 1 fully saturated rings. The van der Waals surface area contributed by atoms with Gasteiger partial charge in [0.1, 0.15) is 0 Å². The highest BCUT2D eigenvalue weighted by Gasteiger charge is 2.27. The van der Waals surface area contributed by atoms with Crippen LogP contribution >= 0.6 is 0 Å². The summed E-state index contributed by atoms with van der Waals surface area (Å²) >= 11 is 0. The molecule has 1 saturated heterocycles. The van der Waals surface area contributed by atoms with Crippen LogP contribution in [0.3, 0.4) is 0 Å². The summed E-state index contributed by atoms with van der Waals surface area (Å²) in [5.74, 6) is -2.54. The zero-order valence-electron chi connectivity index (χ0n) is 11.3. The van der Waals surface area contributed by atoms with Crippen LogP contribution < -0.4 is 16.0 Å². The van der Waals surface area contributed by atoms with E-state index in [4.69, 9.17) is 5.11 Å². The lowest BCUT2D eigenvalue weighted by molar-refractivity contribution is -0.144. The molecule has 108 valence electrons. The van der Waals surface area contributed by atoms with Crippen molar-refractivity contribution in [3.05, 3.63) is 0 Å². The summed E-state index contributed by atoms with van der Waals surface area (Å²) in [6.45, 7) is 4.32. The fourth-order valence-corrected chi connectivity index (χ4v) is 1.76. The van der Waals surface area contributed by atoms with Crippen LogP contribution in [-0.2, 0) is 14.4 Å². The van der Waals surface area contributed by atoms with Crippen LogP contribution in [0.2, 0.25) is 0 Å². The van der Waals surface area contributed by atoms with Gasteiger partial charge in [-0.25, -0.2) is 0 Å². The van der Waals surface area contributed by atoms with Crippen LogP contribution in [0, 0.1) is 5.92 Å². The lowest BCUT2D eigenvalue weighted by atomic mass is 9.97. The topological polar surface area (TPSA) is 108 Å². The third-order valence-corrected chi connectivity index (χ3v) is 3.00. The highest BCUT2D eigenvalue weighted by Crippen LogP contribution is 2.11. The zero-order chi connectivity index (χ0) is 14.5. The predicted octanol–water partition coefficient (Wildman–Crippen LogP) is -1.48. The number of imide groups is 1. The second kappa shape index (κ2) is 6.63. The van der Waals surface area contributed by atoms with Crippen LogP contribution in [0.4, 0.5) is 0 Å². The first-order valence-corrected chi connectivity index (χ1v) is 6.34. The second-order valence-corrected chi connectivity index (χ2v) is 5.34. The van der Waals surface area contributed by atoms with Gasteiger partial charge in [0, 0.05) is 5.92 Å². The van der Waals surface area contributed by atoms with E-state index < -0.39 is 23.3 Å². The van der Waals surface area contributed by atoms with Gasteiger partial charge in [-0.2, -0.15) is 0 Å². The smallest absolute Gasteiger partial charge is 0.315 e. The number of amides is 3. The molecule has 1 aliphatic rings. The Labute approximate surface area is 112 Å². The highest BCUT2D eigenvalue weighted by atomic mass is 16.3. The Morgan fingerprint density at radius 2 is 1.79 bits per heavy atom. The number of piperidine rings is 1. The molecule has 0 aliphatic carbocycles. The van der Waals surface area contributed by atoms with Crippen molar-refractivity contribution in [3.63, 3.8) is 0 Å². The summed E-state index contributed by atoms with van der Waals surface area (Å²) in [5, 5.41) is 16.5. The van der Waals surface area contributed by atoms with Crippen LogP contribution in [0.15, 0.2) is 0 Å². The summed E-state index contributed by atoms with van der Waals surface area (Å²) in [6, 6.07) is 0. The quantitative estimate of drug-likeness (QED) is 0.468. The Balaban J connectivity index is 2.45.